The van der Waals surface area contributed by atoms with Gasteiger partial charge in [0.1, 0.15) is 0 Å². The molecule has 0 bridgehead atoms. The minimum absolute atomic E-state index is 0.171. The van der Waals surface area contributed by atoms with Crippen LogP contribution in [0.15, 0.2) is 36.4 Å². The molecule has 88 valence electrons. The van der Waals surface area contributed by atoms with E-state index in [1.807, 2.05) is 12.1 Å². The van der Waals surface area contributed by atoms with Crippen molar-refractivity contribution in [3.05, 3.63) is 47.0 Å². The molecule has 2 aromatic carbocycles. The summed E-state index contributed by atoms with van der Waals surface area (Å²) in [6.07, 6.45) is 3.65. The van der Waals surface area contributed by atoms with Crippen molar-refractivity contribution >= 4 is 22.4 Å². The van der Waals surface area contributed by atoms with Crippen LogP contribution in [0.25, 0.3) is 10.8 Å². The van der Waals surface area contributed by atoms with E-state index in [9.17, 15) is 0 Å². The summed E-state index contributed by atoms with van der Waals surface area (Å²) in [4.78, 5) is 0. The zero-order chi connectivity index (χ0) is 11.9. The Balaban J connectivity index is 2.29. The van der Waals surface area contributed by atoms with Crippen LogP contribution < -0.4 is 5.73 Å². The Morgan fingerprint density at radius 1 is 1.12 bits per heavy atom. The third-order valence-corrected chi connectivity index (χ3v) is 4.44. The highest BCUT2D eigenvalue weighted by Gasteiger charge is 2.38. The van der Waals surface area contributed by atoms with E-state index in [1.165, 1.54) is 35.6 Å². The Kier molecular flexibility index (Phi) is 2.61. The first kappa shape index (κ1) is 11.1. The van der Waals surface area contributed by atoms with Gasteiger partial charge in [0.15, 0.2) is 0 Å². The van der Waals surface area contributed by atoms with Crippen molar-refractivity contribution in [1.82, 2.24) is 0 Å². The Bertz CT molecular complexity index is 547. The molecule has 0 saturated heterocycles. The van der Waals surface area contributed by atoms with Crippen LogP contribution in [0.5, 0.6) is 0 Å². The first-order valence-corrected chi connectivity index (χ1v) is 6.52. The fourth-order valence-corrected chi connectivity index (χ4v) is 3.21. The van der Waals surface area contributed by atoms with Crippen molar-refractivity contribution in [3.8, 4) is 0 Å². The van der Waals surface area contributed by atoms with Crippen LogP contribution in [0, 0.1) is 0 Å². The summed E-state index contributed by atoms with van der Waals surface area (Å²) in [6, 6.07) is 12.5. The number of hydrogen-bond donors (Lipinski definition) is 1. The van der Waals surface area contributed by atoms with Gasteiger partial charge in [0.2, 0.25) is 0 Å². The molecule has 2 heteroatoms. The standard InChI is InChI=1S/C15H16ClN/c16-13-7-2-5-11-4-1-6-12(14(11)13)15(10-17)8-3-9-15/h1-2,4-7H,3,8-10,17H2. The molecule has 3 rings (SSSR count). The largest absolute Gasteiger partial charge is 0.330 e. The number of nitrogens with two attached hydrogens (primary N) is 1. The van der Waals surface area contributed by atoms with E-state index in [0.717, 1.165) is 11.6 Å². The molecule has 1 fully saturated rings. The average molecular weight is 246 g/mol. The van der Waals surface area contributed by atoms with E-state index >= 15 is 0 Å². The molecule has 1 aliphatic carbocycles. The molecule has 0 aromatic heterocycles. The maximum Gasteiger partial charge on any atom is 0.0487 e. The summed E-state index contributed by atoms with van der Waals surface area (Å²) in [5, 5.41) is 3.26. The lowest BCUT2D eigenvalue weighted by molar-refractivity contribution is 0.255. The molecule has 0 aliphatic heterocycles. The Morgan fingerprint density at radius 3 is 2.41 bits per heavy atom. The van der Waals surface area contributed by atoms with Crippen LogP contribution in [0.4, 0.5) is 0 Å². The van der Waals surface area contributed by atoms with Gasteiger partial charge in [-0.25, -0.2) is 0 Å². The smallest absolute Gasteiger partial charge is 0.0487 e. The van der Waals surface area contributed by atoms with E-state index in [2.05, 4.69) is 24.3 Å². The quantitative estimate of drug-likeness (QED) is 0.854. The van der Waals surface area contributed by atoms with Gasteiger partial charge in [-0.15, -0.1) is 0 Å². The summed E-state index contributed by atoms with van der Waals surface area (Å²) >= 11 is 6.37. The number of halogens is 1. The number of rotatable bonds is 2. The Labute approximate surface area is 107 Å². The molecule has 17 heavy (non-hydrogen) atoms. The van der Waals surface area contributed by atoms with Crippen molar-refractivity contribution in [3.63, 3.8) is 0 Å². The molecule has 1 nitrogen and oxygen atoms in total. The van der Waals surface area contributed by atoms with Gasteiger partial charge < -0.3 is 5.73 Å². The molecule has 2 N–H and O–H groups in total. The molecule has 0 amide bonds. The zero-order valence-corrected chi connectivity index (χ0v) is 10.5. The second kappa shape index (κ2) is 4.01. The normalized spacial score (nSPS) is 18.0. The van der Waals surface area contributed by atoms with Gasteiger partial charge in [-0.2, -0.15) is 0 Å². The van der Waals surface area contributed by atoms with Gasteiger partial charge >= 0.3 is 0 Å². The van der Waals surface area contributed by atoms with E-state index in [0.29, 0.717) is 0 Å². The van der Waals surface area contributed by atoms with Crippen LogP contribution in [-0.4, -0.2) is 6.54 Å². The third-order valence-electron chi connectivity index (χ3n) is 4.13. The Hall–Kier alpha value is -1.05. The van der Waals surface area contributed by atoms with Crippen LogP contribution in [0.3, 0.4) is 0 Å². The van der Waals surface area contributed by atoms with Crippen molar-refractivity contribution in [1.29, 1.82) is 0 Å². The maximum absolute atomic E-state index is 6.37. The topological polar surface area (TPSA) is 26.0 Å². The van der Waals surface area contributed by atoms with Crippen LogP contribution >= 0.6 is 11.6 Å². The van der Waals surface area contributed by atoms with E-state index in [4.69, 9.17) is 17.3 Å². The predicted octanol–water partition coefficient (Wildman–Crippen LogP) is 3.87. The first-order valence-electron chi connectivity index (χ1n) is 6.15. The van der Waals surface area contributed by atoms with Crippen molar-refractivity contribution in [2.24, 2.45) is 5.73 Å². The molecule has 0 radical (unpaired) electrons. The van der Waals surface area contributed by atoms with E-state index < -0.39 is 0 Å². The molecule has 0 spiro atoms. The van der Waals surface area contributed by atoms with Crippen molar-refractivity contribution < 1.29 is 0 Å². The summed E-state index contributed by atoms with van der Waals surface area (Å²) in [5.74, 6) is 0. The molecule has 0 heterocycles. The molecule has 1 saturated carbocycles. The van der Waals surface area contributed by atoms with E-state index in [-0.39, 0.29) is 5.41 Å². The lowest BCUT2D eigenvalue weighted by Gasteiger charge is -2.42. The minimum atomic E-state index is 0.171. The minimum Gasteiger partial charge on any atom is -0.330 e. The first-order chi connectivity index (χ1) is 8.27. The average Bonchev–Trinajstić information content (AvgIpc) is 2.29. The molecular formula is C15H16ClN. The SMILES string of the molecule is NCC1(c2cccc3cccc(Cl)c23)CCC1. The summed E-state index contributed by atoms with van der Waals surface area (Å²) in [6.45, 7) is 0.720. The fraction of sp³-hybridized carbons (Fsp3) is 0.333. The summed E-state index contributed by atoms with van der Waals surface area (Å²) in [5.41, 5.74) is 7.51. The highest BCUT2D eigenvalue weighted by Crippen LogP contribution is 2.46. The maximum atomic E-state index is 6.37. The molecular weight excluding hydrogens is 230 g/mol. The zero-order valence-electron chi connectivity index (χ0n) is 9.75. The van der Waals surface area contributed by atoms with Crippen LogP contribution in [0.2, 0.25) is 5.02 Å². The van der Waals surface area contributed by atoms with Gasteiger partial charge in [0.05, 0.1) is 0 Å². The number of fused-ring (bicyclic) bond motifs is 1. The molecule has 1 aliphatic rings. The van der Waals surface area contributed by atoms with Gasteiger partial charge in [0.25, 0.3) is 0 Å². The van der Waals surface area contributed by atoms with Gasteiger partial charge in [0, 0.05) is 22.4 Å². The highest BCUT2D eigenvalue weighted by molar-refractivity contribution is 6.35. The Morgan fingerprint density at radius 2 is 1.82 bits per heavy atom. The van der Waals surface area contributed by atoms with Gasteiger partial charge in [-0.1, -0.05) is 48.4 Å². The van der Waals surface area contributed by atoms with E-state index in [1.54, 1.807) is 0 Å². The van der Waals surface area contributed by atoms with Crippen molar-refractivity contribution in [2.75, 3.05) is 6.54 Å². The third kappa shape index (κ3) is 1.57. The second-order valence-corrected chi connectivity index (χ2v) is 5.39. The monoisotopic (exact) mass is 245 g/mol. The van der Waals surface area contributed by atoms with Crippen LogP contribution in [0.1, 0.15) is 24.8 Å². The predicted molar refractivity (Wildman–Crippen MR) is 73.5 cm³/mol. The van der Waals surface area contributed by atoms with Crippen LogP contribution in [-0.2, 0) is 5.41 Å². The fourth-order valence-electron chi connectivity index (χ4n) is 2.92. The van der Waals surface area contributed by atoms with Crippen molar-refractivity contribution in [2.45, 2.75) is 24.7 Å². The lowest BCUT2D eigenvalue weighted by Crippen LogP contribution is -2.41. The summed E-state index contributed by atoms with van der Waals surface area (Å²) in [7, 11) is 0. The summed E-state index contributed by atoms with van der Waals surface area (Å²) < 4.78 is 0. The van der Waals surface area contributed by atoms with Gasteiger partial charge in [-0.3, -0.25) is 0 Å². The second-order valence-electron chi connectivity index (χ2n) is 4.98. The lowest BCUT2D eigenvalue weighted by atomic mass is 9.63. The highest BCUT2D eigenvalue weighted by atomic mass is 35.5. The molecule has 2 aromatic rings. The molecule has 0 unspecified atom stereocenters. The number of hydrogen-bond acceptors (Lipinski definition) is 1. The van der Waals surface area contributed by atoms with Gasteiger partial charge in [-0.05, 0) is 29.9 Å². The number of benzene rings is 2. The molecule has 0 atom stereocenters.